The second kappa shape index (κ2) is 5.21. The Kier molecular flexibility index (Phi) is 4.20. The van der Waals surface area contributed by atoms with Gasteiger partial charge in [-0.2, -0.15) is 0 Å². The minimum absolute atomic E-state index is 0.0846. The summed E-state index contributed by atoms with van der Waals surface area (Å²) in [5.41, 5.74) is 1.64. The smallest absolute Gasteiger partial charge is 0.258 e. The standard InChI is InChI=1S/C10H13BrN2O2/c1-3-8(11)5-9-4-7(2)10(6-12-9)13(14)15/h4,6,8H,3,5H2,1-2H3. The van der Waals surface area contributed by atoms with E-state index < -0.39 is 4.92 Å². The highest BCUT2D eigenvalue weighted by atomic mass is 79.9. The van der Waals surface area contributed by atoms with E-state index in [0.29, 0.717) is 10.4 Å². The Bertz CT molecular complexity index is 368. The predicted octanol–water partition coefficient (Wildman–Crippen LogP) is 3.01. The van der Waals surface area contributed by atoms with Crippen molar-refractivity contribution in [1.82, 2.24) is 4.98 Å². The normalized spacial score (nSPS) is 12.5. The van der Waals surface area contributed by atoms with Crippen LogP contribution in [0.1, 0.15) is 24.6 Å². The average molecular weight is 273 g/mol. The van der Waals surface area contributed by atoms with Crippen LogP contribution in [0.5, 0.6) is 0 Å². The average Bonchev–Trinajstić information content (AvgIpc) is 2.17. The van der Waals surface area contributed by atoms with Crippen LogP contribution >= 0.6 is 15.9 Å². The minimum Gasteiger partial charge on any atom is -0.258 e. The molecular formula is C10H13BrN2O2. The third-order valence-corrected chi connectivity index (χ3v) is 3.18. The Balaban J connectivity index is 2.87. The highest BCUT2D eigenvalue weighted by Crippen LogP contribution is 2.19. The monoisotopic (exact) mass is 272 g/mol. The van der Waals surface area contributed by atoms with E-state index in [1.54, 1.807) is 13.0 Å². The molecule has 4 nitrogen and oxygen atoms in total. The van der Waals surface area contributed by atoms with Gasteiger partial charge in [0, 0.05) is 22.5 Å². The van der Waals surface area contributed by atoms with E-state index in [9.17, 15) is 10.1 Å². The molecule has 0 fully saturated rings. The molecule has 15 heavy (non-hydrogen) atoms. The van der Waals surface area contributed by atoms with Gasteiger partial charge >= 0.3 is 0 Å². The molecule has 1 rings (SSSR count). The number of pyridine rings is 1. The Morgan fingerprint density at radius 3 is 2.80 bits per heavy atom. The molecule has 0 aliphatic heterocycles. The summed E-state index contributed by atoms with van der Waals surface area (Å²) in [5.74, 6) is 0. The molecule has 1 aromatic heterocycles. The van der Waals surface area contributed by atoms with Gasteiger partial charge in [0.15, 0.2) is 0 Å². The number of nitro groups is 1. The zero-order valence-electron chi connectivity index (χ0n) is 8.74. The van der Waals surface area contributed by atoms with Crippen LogP contribution in [0.3, 0.4) is 0 Å². The van der Waals surface area contributed by atoms with E-state index >= 15 is 0 Å². The molecule has 0 saturated carbocycles. The summed E-state index contributed by atoms with van der Waals surface area (Å²) < 4.78 is 0. The fourth-order valence-electron chi connectivity index (χ4n) is 1.28. The quantitative estimate of drug-likeness (QED) is 0.481. The molecule has 0 aromatic carbocycles. The largest absolute Gasteiger partial charge is 0.290 e. The molecule has 0 aliphatic rings. The predicted molar refractivity (Wildman–Crippen MR) is 62.3 cm³/mol. The first kappa shape index (κ1) is 12.1. The molecule has 0 N–H and O–H groups in total. The van der Waals surface area contributed by atoms with Crippen LogP contribution in [-0.4, -0.2) is 14.7 Å². The Labute approximate surface area is 97.0 Å². The van der Waals surface area contributed by atoms with Crippen LogP contribution < -0.4 is 0 Å². The van der Waals surface area contributed by atoms with Crippen LogP contribution in [-0.2, 0) is 6.42 Å². The number of nitrogens with zero attached hydrogens (tertiary/aromatic N) is 2. The van der Waals surface area contributed by atoms with Crippen molar-refractivity contribution in [3.63, 3.8) is 0 Å². The number of hydrogen-bond acceptors (Lipinski definition) is 3. The lowest BCUT2D eigenvalue weighted by Gasteiger charge is -2.06. The zero-order valence-corrected chi connectivity index (χ0v) is 10.3. The molecule has 0 aliphatic carbocycles. The lowest BCUT2D eigenvalue weighted by molar-refractivity contribution is -0.385. The number of aromatic nitrogens is 1. The van der Waals surface area contributed by atoms with Crippen LogP contribution in [0.25, 0.3) is 0 Å². The van der Waals surface area contributed by atoms with Crippen molar-refractivity contribution in [3.8, 4) is 0 Å². The highest BCUT2D eigenvalue weighted by Gasteiger charge is 2.12. The highest BCUT2D eigenvalue weighted by molar-refractivity contribution is 9.09. The molecule has 1 heterocycles. The first-order valence-corrected chi connectivity index (χ1v) is 5.70. The number of rotatable bonds is 4. The topological polar surface area (TPSA) is 56.0 Å². The lowest BCUT2D eigenvalue weighted by atomic mass is 10.1. The van der Waals surface area contributed by atoms with Crippen molar-refractivity contribution in [2.24, 2.45) is 0 Å². The fourth-order valence-corrected chi connectivity index (χ4v) is 1.61. The summed E-state index contributed by atoms with van der Waals surface area (Å²) >= 11 is 3.51. The lowest BCUT2D eigenvalue weighted by Crippen LogP contribution is -2.04. The molecule has 5 heteroatoms. The van der Waals surface area contributed by atoms with Crippen LogP contribution in [0.4, 0.5) is 5.69 Å². The van der Waals surface area contributed by atoms with Crippen molar-refractivity contribution >= 4 is 21.6 Å². The SMILES string of the molecule is CCC(Br)Cc1cc(C)c([N+](=O)[O-])cn1. The van der Waals surface area contributed by atoms with E-state index in [2.05, 4.69) is 27.8 Å². The number of halogens is 1. The van der Waals surface area contributed by atoms with Crippen molar-refractivity contribution < 1.29 is 4.92 Å². The molecule has 0 amide bonds. The number of alkyl halides is 1. The van der Waals surface area contributed by atoms with Crippen molar-refractivity contribution in [3.05, 3.63) is 33.6 Å². The second-order valence-electron chi connectivity index (χ2n) is 3.43. The Morgan fingerprint density at radius 1 is 1.67 bits per heavy atom. The van der Waals surface area contributed by atoms with Gasteiger partial charge in [-0.3, -0.25) is 15.1 Å². The Hall–Kier alpha value is -0.970. The van der Waals surface area contributed by atoms with E-state index in [1.807, 2.05) is 0 Å². The first-order valence-electron chi connectivity index (χ1n) is 4.78. The van der Waals surface area contributed by atoms with Gasteiger partial charge in [-0.25, -0.2) is 0 Å². The molecule has 1 unspecified atom stereocenters. The maximum absolute atomic E-state index is 10.6. The molecule has 0 radical (unpaired) electrons. The van der Waals surface area contributed by atoms with Gasteiger partial charge in [0.1, 0.15) is 6.20 Å². The van der Waals surface area contributed by atoms with Gasteiger partial charge in [0.25, 0.3) is 5.69 Å². The van der Waals surface area contributed by atoms with Crippen molar-refractivity contribution in [2.75, 3.05) is 0 Å². The van der Waals surface area contributed by atoms with E-state index in [0.717, 1.165) is 18.5 Å². The maximum Gasteiger partial charge on any atom is 0.290 e. The first-order chi connectivity index (χ1) is 7.04. The summed E-state index contributed by atoms with van der Waals surface area (Å²) in [5, 5.41) is 10.6. The Morgan fingerprint density at radius 2 is 2.33 bits per heavy atom. The van der Waals surface area contributed by atoms with Gasteiger partial charge in [0.05, 0.1) is 4.92 Å². The van der Waals surface area contributed by atoms with Crippen LogP contribution in [0.2, 0.25) is 0 Å². The molecule has 0 spiro atoms. The van der Waals surface area contributed by atoms with Gasteiger partial charge < -0.3 is 0 Å². The molecule has 82 valence electrons. The molecule has 0 saturated heterocycles. The van der Waals surface area contributed by atoms with E-state index in [1.165, 1.54) is 6.20 Å². The summed E-state index contributed by atoms with van der Waals surface area (Å²) in [6, 6.07) is 1.78. The summed E-state index contributed by atoms with van der Waals surface area (Å²) in [6.07, 6.45) is 3.15. The van der Waals surface area contributed by atoms with Crippen molar-refractivity contribution in [1.29, 1.82) is 0 Å². The van der Waals surface area contributed by atoms with E-state index in [-0.39, 0.29) is 5.69 Å². The molecule has 1 atom stereocenters. The van der Waals surface area contributed by atoms with Gasteiger partial charge in [-0.05, 0) is 19.4 Å². The summed E-state index contributed by atoms with van der Waals surface area (Å²) in [7, 11) is 0. The minimum atomic E-state index is -0.405. The van der Waals surface area contributed by atoms with Crippen LogP contribution in [0, 0.1) is 17.0 Å². The van der Waals surface area contributed by atoms with Crippen molar-refractivity contribution in [2.45, 2.75) is 31.5 Å². The zero-order chi connectivity index (χ0) is 11.4. The number of hydrogen-bond donors (Lipinski definition) is 0. The fraction of sp³-hybridized carbons (Fsp3) is 0.500. The molecular weight excluding hydrogens is 260 g/mol. The molecule has 1 aromatic rings. The van der Waals surface area contributed by atoms with E-state index in [4.69, 9.17) is 0 Å². The number of aryl methyl sites for hydroxylation is 1. The third-order valence-electron chi connectivity index (χ3n) is 2.21. The third kappa shape index (κ3) is 3.27. The van der Waals surface area contributed by atoms with Gasteiger partial charge in [-0.15, -0.1) is 0 Å². The molecule has 0 bridgehead atoms. The van der Waals surface area contributed by atoms with Gasteiger partial charge in [0.2, 0.25) is 0 Å². The second-order valence-corrected chi connectivity index (χ2v) is 4.72. The van der Waals surface area contributed by atoms with Crippen LogP contribution in [0.15, 0.2) is 12.3 Å². The summed E-state index contributed by atoms with van der Waals surface area (Å²) in [4.78, 5) is 14.6. The maximum atomic E-state index is 10.6. The van der Waals surface area contributed by atoms with Gasteiger partial charge in [-0.1, -0.05) is 22.9 Å². The summed E-state index contributed by atoms with van der Waals surface area (Å²) in [6.45, 7) is 3.82.